The summed E-state index contributed by atoms with van der Waals surface area (Å²) in [5, 5.41) is 12.2. The third-order valence-corrected chi connectivity index (χ3v) is 2.84. The molecule has 1 aromatic carbocycles. The number of fused-ring (bicyclic) bond motifs is 1. The Kier molecular flexibility index (Phi) is 3.93. The van der Waals surface area contributed by atoms with Crippen LogP contribution in [0.5, 0.6) is 11.5 Å². The van der Waals surface area contributed by atoms with Gasteiger partial charge in [-0.1, -0.05) is 11.6 Å². The van der Waals surface area contributed by atoms with Gasteiger partial charge in [-0.15, -0.1) is 0 Å². The highest BCUT2D eigenvalue weighted by molar-refractivity contribution is 6.34. The van der Waals surface area contributed by atoms with Crippen LogP contribution in [0, 0.1) is 0 Å². The molecule has 1 aliphatic heterocycles. The average molecular weight is 272 g/mol. The van der Waals surface area contributed by atoms with E-state index in [2.05, 4.69) is 5.32 Å². The second kappa shape index (κ2) is 5.46. The molecule has 0 spiro atoms. The van der Waals surface area contributed by atoms with Crippen LogP contribution in [-0.2, 0) is 4.79 Å². The van der Waals surface area contributed by atoms with Crippen LogP contribution in [0.3, 0.4) is 0 Å². The monoisotopic (exact) mass is 271 g/mol. The molecule has 1 unspecified atom stereocenters. The molecule has 1 aromatic rings. The van der Waals surface area contributed by atoms with E-state index in [-0.39, 0.29) is 19.1 Å². The average Bonchev–Trinajstić information content (AvgIpc) is 2.74. The van der Waals surface area contributed by atoms with Gasteiger partial charge in [0.1, 0.15) is 0 Å². The third-order valence-electron chi connectivity index (χ3n) is 2.53. The number of aliphatic hydroxyl groups excluding tert-OH is 1. The summed E-state index contributed by atoms with van der Waals surface area (Å²) in [5.41, 5.74) is 0.483. The summed E-state index contributed by atoms with van der Waals surface area (Å²) in [4.78, 5) is 11.6. The van der Waals surface area contributed by atoms with Gasteiger partial charge in [0.2, 0.25) is 12.7 Å². The number of nitrogens with one attached hydrogen (secondary N) is 1. The van der Waals surface area contributed by atoms with Crippen molar-refractivity contribution in [2.45, 2.75) is 25.9 Å². The quantitative estimate of drug-likeness (QED) is 0.881. The van der Waals surface area contributed by atoms with Crippen LogP contribution < -0.4 is 14.8 Å². The normalized spacial score (nSPS) is 14.4. The fourth-order valence-electron chi connectivity index (χ4n) is 1.57. The van der Waals surface area contributed by atoms with E-state index in [0.29, 0.717) is 28.6 Å². The van der Waals surface area contributed by atoms with Gasteiger partial charge in [0.05, 0.1) is 16.8 Å². The molecule has 0 aliphatic carbocycles. The number of rotatable bonds is 4. The molecule has 0 saturated heterocycles. The first kappa shape index (κ1) is 13.0. The molecule has 6 heteroatoms. The molecular formula is C12H14ClNO4. The van der Waals surface area contributed by atoms with Gasteiger partial charge >= 0.3 is 0 Å². The highest BCUT2D eigenvalue weighted by Crippen LogP contribution is 2.39. The molecule has 5 nitrogen and oxygen atoms in total. The SMILES string of the molecule is CC(O)CCC(=O)Nc1cc2c(cc1Cl)OCO2. The number of carbonyl (C=O) groups excluding carboxylic acids is 1. The van der Waals surface area contributed by atoms with Crippen LogP contribution >= 0.6 is 11.6 Å². The van der Waals surface area contributed by atoms with Crippen LogP contribution in [0.25, 0.3) is 0 Å². The lowest BCUT2D eigenvalue weighted by Gasteiger charge is -2.09. The number of amides is 1. The van der Waals surface area contributed by atoms with Crippen molar-refractivity contribution >= 4 is 23.2 Å². The van der Waals surface area contributed by atoms with Crippen LogP contribution in [0.15, 0.2) is 12.1 Å². The maximum Gasteiger partial charge on any atom is 0.231 e. The van der Waals surface area contributed by atoms with Crippen molar-refractivity contribution in [1.29, 1.82) is 0 Å². The van der Waals surface area contributed by atoms with Crippen molar-refractivity contribution in [1.82, 2.24) is 0 Å². The summed E-state index contributed by atoms with van der Waals surface area (Å²) >= 11 is 6.02. The zero-order valence-corrected chi connectivity index (χ0v) is 10.7. The maximum absolute atomic E-state index is 11.6. The topological polar surface area (TPSA) is 67.8 Å². The molecule has 0 aromatic heterocycles. The zero-order valence-electron chi connectivity index (χ0n) is 9.90. The lowest BCUT2D eigenvalue weighted by Crippen LogP contribution is -2.14. The van der Waals surface area contributed by atoms with E-state index in [4.69, 9.17) is 26.2 Å². The van der Waals surface area contributed by atoms with Crippen LogP contribution in [0.4, 0.5) is 5.69 Å². The number of hydrogen-bond acceptors (Lipinski definition) is 4. The van der Waals surface area contributed by atoms with Crippen molar-refractivity contribution in [2.75, 3.05) is 12.1 Å². The Hall–Kier alpha value is -1.46. The van der Waals surface area contributed by atoms with E-state index >= 15 is 0 Å². The number of hydrogen-bond donors (Lipinski definition) is 2. The molecule has 2 N–H and O–H groups in total. The van der Waals surface area contributed by atoms with Gasteiger partial charge in [-0.05, 0) is 13.3 Å². The minimum absolute atomic E-state index is 0.158. The molecule has 18 heavy (non-hydrogen) atoms. The summed E-state index contributed by atoms with van der Waals surface area (Å²) in [5.74, 6) is 0.934. The number of anilines is 1. The highest BCUT2D eigenvalue weighted by atomic mass is 35.5. The Labute approximate surface area is 110 Å². The summed E-state index contributed by atoms with van der Waals surface area (Å²) in [6.45, 7) is 1.80. The third kappa shape index (κ3) is 3.05. The van der Waals surface area contributed by atoms with Crippen molar-refractivity contribution in [3.63, 3.8) is 0 Å². The van der Waals surface area contributed by atoms with Crippen molar-refractivity contribution in [3.05, 3.63) is 17.2 Å². The molecule has 98 valence electrons. The molecule has 1 amide bonds. The van der Waals surface area contributed by atoms with Crippen LogP contribution in [-0.4, -0.2) is 23.9 Å². The standard InChI is InChI=1S/C12H14ClNO4/c1-7(15)2-3-12(16)14-9-5-11-10(4-8(9)13)17-6-18-11/h4-5,7,15H,2-3,6H2,1H3,(H,14,16). The Morgan fingerprint density at radius 3 is 2.83 bits per heavy atom. The Morgan fingerprint density at radius 2 is 2.17 bits per heavy atom. The first-order valence-corrected chi connectivity index (χ1v) is 6.01. The largest absolute Gasteiger partial charge is 0.454 e. The molecule has 1 atom stereocenters. The lowest BCUT2D eigenvalue weighted by atomic mass is 10.2. The van der Waals surface area contributed by atoms with Crippen molar-refractivity contribution in [2.24, 2.45) is 0 Å². The first-order chi connectivity index (χ1) is 8.56. The van der Waals surface area contributed by atoms with E-state index in [1.54, 1.807) is 19.1 Å². The van der Waals surface area contributed by atoms with Gasteiger partial charge in [0.15, 0.2) is 11.5 Å². The van der Waals surface area contributed by atoms with Crippen LogP contribution in [0.1, 0.15) is 19.8 Å². The van der Waals surface area contributed by atoms with Gasteiger partial charge < -0.3 is 19.9 Å². The van der Waals surface area contributed by atoms with E-state index in [9.17, 15) is 4.79 Å². The van der Waals surface area contributed by atoms with Gasteiger partial charge in [-0.3, -0.25) is 4.79 Å². The maximum atomic E-state index is 11.6. The number of carbonyl (C=O) groups is 1. The molecule has 0 saturated carbocycles. The molecule has 0 bridgehead atoms. The Balaban J connectivity index is 2.03. The van der Waals surface area contributed by atoms with Gasteiger partial charge in [0, 0.05) is 18.6 Å². The fraction of sp³-hybridized carbons (Fsp3) is 0.417. The molecule has 1 aliphatic rings. The summed E-state index contributed by atoms with van der Waals surface area (Å²) < 4.78 is 10.4. The minimum Gasteiger partial charge on any atom is -0.454 e. The molecule has 0 radical (unpaired) electrons. The van der Waals surface area contributed by atoms with Crippen molar-refractivity contribution < 1.29 is 19.4 Å². The smallest absolute Gasteiger partial charge is 0.231 e. The Bertz CT molecular complexity index is 462. The minimum atomic E-state index is -0.497. The highest BCUT2D eigenvalue weighted by Gasteiger charge is 2.17. The molecule has 1 heterocycles. The molecule has 0 fully saturated rings. The summed E-state index contributed by atoms with van der Waals surface area (Å²) in [6, 6.07) is 3.24. The number of halogens is 1. The predicted octanol–water partition coefficient (Wildman–Crippen LogP) is 2.17. The summed E-state index contributed by atoms with van der Waals surface area (Å²) in [7, 11) is 0. The van der Waals surface area contributed by atoms with E-state index in [1.807, 2.05) is 0 Å². The number of ether oxygens (including phenoxy) is 2. The van der Waals surface area contributed by atoms with Crippen molar-refractivity contribution in [3.8, 4) is 11.5 Å². The lowest BCUT2D eigenvalue weighted by molar-refractivity contribution is -0.116. The molecule has 2 rings (SSSR count). The molecular weight excluding hydrogens is 258 g/mol. The fourth-order valence-corrected chi connectivity index (χ4v) is 1.77. The van der Waals surface area contributed by atoms with E-state index < -0.39 is 6.10 Å². The van der Waals surface area contributed by atoms with Crippen LogP contribution in [0.2, 0.25) is 5.02 Å². The second-order valence-electron chi connectivity index (χ2n) is 4.12. The summed E-state index contributed by atoms with van der Waals surface area (Å²) in [6.07, 6.45) is 0.152. The Morgan fingerprint density at radius 1 is 1.50 bits per heavy atom. The van der Waals surface area contributed by atoms with Gasteiger partial charge in [-0.25, -0.2) is 0 Å². The van der Waals surface area contributed by atoms with Gasteiger partial charge in [0.25, 0.3) is 0 Å². The number of aliphatic hydroxyl groups is 1. The first-order valence-electron chi connectivity index (χ1n) is 5.63. The number of benzene rings is 1. The van der Waals surface area contributed by atoms with Gasteiger partial charge in [-0.2, -0.15) is 0 Å². The van der Waals surface area contributed by atoms with E-state index in [1.165, 1.54) is 0 Å². The van der Waals surface area contributed by atoms with E-state index in [0.717, 1.165) is 0 Å². The predicted molar refractivity (Wildman–Crippen MR) is 67.1 cm³/mol. The zero-order chi connectivity index (χ0) is 13.1. The second-order valence-corrected chi connectivity index (χ2v) is 4.53.